The van der Waals surface area contributed by atoms with Crippen LogP contribution in [0.3, 0.4) is 0 Å². The van der Waals surface area contributed by atoms with Crippen LogP contribution >= 0.6 is 0 Å². The van der Waals surface area contributed by atoms with Crippen LogP contribution < -0.4 is 0 Å². The highest BCUT2D eigenvalue weighted by Crippen LogP contribution is 2.30. The smallest absolute Gasteiger partial charge is 0.183 e. The molecule has 2 aliphatic heterocycles. The first-order valence-electron chi connectivity index (χ1n) is 10.9. The van der Waals surface area contributed by atoms with Crippen LogP contribution in [-0.2, 0) is 19.7 Å². The Morgan fingerprint density at radius 1 is 0.938 bits per heavy atom. The van der Waals surface area contributed by atoms with Crippen LogP contribution in [0, 0.1) is 6.92 Å². The van der Waals surface area contributed by atoms with Crippen molar-refractivity contribution in [2.24, 2.45) is 0 Å². The lowest BCUT2D eigenvalue weighted by Gasteiger charge is -2.39. The lowest BCUT2D eigenvalue weighted by Crippen LogP contribution is -2.54. The molecule has 6 nitrogen and oxygen atoms in total. The minimum Gasteiger partial charge on any atom is -0.297 e. The third kappa shape index (κ3) is 5.31. The molecule has 172 valence electrons. The summed E-state index contributed by atoms with van der Waals surface area (Å²) in [5, 5.41) is -0.917. The van der Waals surface area contributed by atoms with Crippen LogP contribution in [0.4, 0.5) is 0 Å². The molecule has 2 aromatic carbocycles. The summed E-state index contributed by atoms with van der Waals surface area (Å²) in [6.45, 7) is 5.61. The van der Waals surface area contributed by atoms with E-state index in [-0.39, 0.29) is 16.4 Å². The Bertz CT molecular complexity index is 1150. The second-order valence-electron chi connectivity index (χ2n) is 8.69. The number of hydrogen-bond donors (Lipinski definition) is 0. The number of sulfone groups is 2. The third-order valence-corrected chi connectivity index (χ3v) is 10.5. The van der Waals surface area contributed by atoms with Gasteiger partial charge in [-0.05, 0) is 24.6 Å². The SMILES string of the molecule is Cc1ccc(S(=O)(=O)[C@@H]2CS(=O)(=O)C[C@H]2N2CCN(C/C=C/c3ccccc3)CC2)cc1. The van der Waals surface area contributed by atoms with Gasteiger partial charge in [0, 0.05) is 38.8 Å². The van der Waals surface area contributed by atoms with Crippen molar-refractivity contribution in [1.82, 2.24) is 9.80 Å². The Labute approximate surface area is 191 Å². The molecule has 2 heterocycles. The fraction of sp³-hybridized carbons (Fsp3) is 0.417. The van der Waals surface area contributed by atoms with E-state index in [1.807, 2.05) is 25.1 Å². The van der Waals surface area contributed by atoms with Crippen molar-refractivity contribution in [2.75, 3.05) is 44.2 Å². The van der Waals surface area contributed by atoms with Crippen molar-refractivity contribution < 1.29 is 16.8 Å². The summed E-state index contributed by atoms with van der Waals surface area (Å²) >= 11 is 0. The molecular weight excluding hydrogens is 444 g/mol. The molecule has 0 amide bonds. The Balaban J connectivity index is 1.42. The van der Waals surface area contributed by atoms with E-state index >= 15 is 0 Å². The van der Waals surface area contributed by atoms with Gasteiger partial charge in [0.05, 0.1) is 21.7 Å². The Hall–Kier alpha value is -2.00. The lowest BCUT2D eigenvalue weighted by molar-refractivity contribution is 0.113. The van der Waals surface area contributed by atoms with Gasteiger partial charge in [-0.25, -0.2) is 16.8 Å². The zero-order valence-corrected chi connectivity index (χ0v) is 19.9. The molecule has 2 atom stereocenters. The number of benzene rings is 2. The molecule has 0 bridgehead atoms. The number of aryl methyl sites for hydroxylation is 1. The summed E-state index contributed by atoms with van der Waals surface area (Å²) in [7, 11) is -7.13. The van der Waals surface area contributed by atoms with Gasteiger partial charge in [0.25, 0.3) is 0 Å². The van der Waals surface area contributed by atoms with Gasteiger partial charge in [-0.2, -0.15) is 0 Å². The largest absolute Gasteiger partial charge is 0.297 e. The predicted molar refractivity (Wildman–Crippen MR) is 128 cm³/mol. The van der Waals surface area contributed by atoms with E-state index in [1.165, 1.54) is 0 Å². The average molecular weight is 475 g/mol. The topological polar surface area (TPSA) is 74.8 Å². The minimum atomic E-state index is -3.73. The van der Waals surface area contributed by atoms with E-state index in [4.69, 9.17) is 0 Å². The van der Waals surface area contributed by atoms with E-state index in [9.17, 15) is 16.8 Å². The first kappa shape index (κ1) is 23.2. The predicted octanol–water partition coefficient (Wildman–Crippen LogP) is 2.27. The molecule has 0 unspecified atom stereocenters. The van der Waals surface area contributed by atoms with Gasteiger partial charge in [0.15, 0.2) is 19.7 Å². The molecule has 0 saturated carbocycles. The molecule has 4 rings (SSSR count). The van der Waals surface area contributed by atoms with Crippen LogP contribution in [0.2, 0.25) is 0 Å². The fourth-order valence-corrected chi connectivity index (χ4v) is 9.35. The van der Waals surface area contributed by atoms with Crippen LogP contribution in [0.5, 0.6) is 0 Å². The molecule has 0 aliphatic carbocycles. The Kier molecular flexibility index (Phi) is 6.86. The van der Waals surface area contributed by atoms with E-state index in [1.54, 1.807) is 24.3 Å². The Morgan fingerprint density at radius 3 is 2.25 bits per heavy atom. The molecule has 0 N–H and O–H groups in total. The first-order valence-corrected chi connectivity index (χ1v) is 14.3. The van der Waals surface area contributed by atoms with Crippen LogP contribution in [0.25, 0.3) is 6.08 Å². The number of rotatable bonds is 6. The Morgan fingerprint density at radius 2 is 1.59 bits per heavy atom. The molecule has 2 fully saturated rings. The van der Waals surface area contributed by atoms with E-state index in [0.29, 0.717) is 13.1 Å². The quantitative estimate of drug-likeness (QED) is 0.639. The summed E-state index contributed by atoms with van der Waals surface area (Å²) in [4.78, 5) is 4.58. The lowest BCUT2D eigenvalue weighted by atomic mass is 10.1. The standard InChI is InChI=1S/C24H30N2O4S2/c1-20-9-11-22(12-10-20)32(29,30)24-19-31(27,28)18-23(24)26-16-14-25(15-17-26)13-5-8-21-6-3-2-4-7-21/h2-12,23-24H,13-19H2,1H3/b8-5+/t23-,24-/m1/s1. The van der Waals surface area contributed by atoms with Crippen LogP contribution in [0.1, 0.15) is 11.1 Å². The molecule has 2 aromatic rings. The van der Waals surface area contributed by atoms with Crippen molar-refractivity contribution in [3.05, 3.63) is 71.8 Å². The molecular formula is C24H30N2O4S2. The van der Waals surface area contributed by atoms with E-state index < -0.39 is 31.0 Å². The normalized spacial score (nSPS) is 24.8. The van der Waals surface area contributed by atoms with E-state index in [0.717, 1.165) is 30.8 Å². The summed E-state index contributed by atoms with van der Waals surface area (Å²) < 4.78 is 51.5. The molecule has 0 radical (unpaired) electrons. The molecule has 2 saturated heterocycles. The fourth-order valence-electron chi connectivity index (χ4n) is 4.52. The molecule has 0 spiro atoms. The molecule has 8 heteroatoms. The van der Waals surface area contributed by atoms with Crippen molar-refractivity contribution in [2.45, 2.75) is 23.1 Å². The van der Waals surface area contributed by atoms with Crippen molar-refractivity contribution in [1.29, 1.82) is 0 Å². The van der Waals surface area contributed by atoms with Crippen molar-refractivity contribution >= 4 is 25.8 Å². The average Bonchev–Trinajstić information content (AvgIpc) is 3.12. The second kappa shape index (κ2) is 9.47. The zero-order valence-electron chi connectivity index (χ0n) is 18.3. The second-order valence-corrected chi connectivity index (χ2v) is 13.0. The highest BCUT2D eigenvalue weighted by Gasteiger charge is 2.48. The minimum absolute atomic E-state index is 0.0866. The highest BCUT2D eigenvalue weighted by atomic mass is 32.2. The first-order chi connectivity index (χ1) is 15.2. The van der Waals surface area contributed by atoms with Gasteiger partial charge in [-0.3, -0.25) is 9.80 Å². The van der Waals surface area contributed by atoms with Crippen LogP contribution in [0.15, 0.2) is 65.6 Å². The highest BCUT2D eigenvalue weighted by molar-refractivity contribution is 7.96. The summed E-state index contributed by atoms with van der Waals surface area (Å²) in [5.74, 6) is -0.384. The van der Waals surface area contributed by atoms with E-state index in [2.05, 4.69) is 34.1 Å². The summed E-state index contributed by atoms with van der Waals surface area (Å²) in [5.41, 5.74) is 2.13. The third-order valence-electron chi connectivity index (χ3n) is 6.37. The molecule has 32 heavy (non-hydrogen) atoms. The van der Waals surface area contributed by atoms with Gasteiger partial charge >= 0.3 is 0 Å². The molecule has 2 aliphatic rings. The monoisotopic (exact) mass is 474 g/mol. The molecule has 0 aromatic heterocycles. The number of nitrogens with zero attached hydrogens (tertiary/aromatic N) is 2. The van der Waals surface area contributed by atoms with Gasteiger partial charge in [-0.15, -0.1) is 0 Å². The van der Waals surface area contributed by atoms with Crippen molar-refractivity contribution in [3.8, 4) is 0 Å². The maximum atomic E-state index is 13.3. The summed E-state index contributed by atoms with van der Waals surface area (Å²) in [6.07, 6.45) is 4.23. The maximum Gasteiger partial charge on any atom is 0.183 e. The van der Waals surface area contributed by atoms with Crippen molar-refractivity contribution in [3.63, 3.8) is 0 Å². The number of piperazine rings is 1. The zero-order chi connectivity index (χ0) is 22.8. The van der Waals surface area contributed by atoms with Gasteiger partial charge in [0.1, 0.15) is 0 Å². The van der Waals surface area contributed by atoms with Gasteiger partial charge in [-0.1, -0.05) is 60.2 Å². The summed E-state index contributed by atoms with van der Waals surface area (Å²) in [6, 6.07) is 16.3. The number of hydrogen-bond acceptors (Lipinski definition) is 6. The van der Waals surface area contributed by atoms with Gasteiger partial charge in [0.2, 0.25) is 0 Å². The maximum absolute atomic E-state index is 13.3. The van der Waals surface area contributed by atoms with Crippen LogP contribution in [-0.4, -0.2) is 82.2 Å². The van der Waals surface area contributed by atoms with Gasteiger partial charge < -0.3 is 0 Å².